The molecule has 8 heteroatoms. The molecule has 6 nitrogen and oxygen atoms in total. The molecular weight excluding hydrogens is 457 g/mol. The second-order valence-electron chi connectivity index (χ2n) is 9.65. The number of benzene rings is 2. The first-order valence-corrected chi connectivity index (χ1v) is 11.9. The fourth-order valence-electron chi connectivity index (χ4n) is 4.06. The van der Waals surface area contributed by atoms with Gasteiger partial charge in [-0.2, -0.15) is 5.10 Å². The van der Waals surface area contributed by atoms with Gasteiger partial charge in [0.15, 0.2) is 0 Å². The SMILES string of the molecule is CCN(Cc1cc(F)ccc1-c1nn(CC(=O)OC(C)(C)C)c2cccc(Cl)c12)C(=O)C1CC1. The summed E-state index contributed by atoms with van der Waals surface area (Å²) in [7, 11) is 0. The second kappa shape index (κ2) is 9.37. The Labute approximate surface area is 203 Å². The Morgan fingerprint density at radius 2 is 1.97 bits per heavy atom. The number of hydrogen-bond acceptors (Lipinski definition) is 4. The molecule has 1 saturated carbocycles. The molecule has 0 saturated heterocycles. The molecule has 0 unspecified atom stereocenters. The molecule has 0 spiro atoms. The number of nitrogens with zero attached hydrogens (tertiary/aromatic N) is 3. The van der Waals surface area contributed by atoms with Crippen LogP contribution in [-0.2, 0) is 27.4 Å². The number of esters is 1. The lowest BCUT2D eigenvalue weighted by Crippen LogP contribution is -2.31. The first kappa shape index (κ1) is 24.2. The van der Waals surface area contributed by atoms with Crippen molar-refractivity contribution < 1.29 is 18.7 Å². The van der Waals surface area contributed by atoms with Gasteiger partial charge in [-0.3, -0.25) is 14.3 Å². The molecule has 0 bridgehead atoms. The van der Waals surface area contributed by atoms with Crippen molar-refractivity contribution in [2.75, 3.05) is 6.54 Å². The summed E-state index contributed by atoms with van der Waals surface area (Å²) in [6.45, 7) is 8.04. The van der Waals surface area contributed by atoms with E-state index in [0.29, 0.717) is 39.3 Å². The van der Waals surface area contributed by atoms with E-state index in [2.05, 4.69) is 0 Å². The molecular formula is C26H29ClFN3O3. The van der Waals surface area contributed by atoms with Crippen LogP contribution in [0.1, 0.15) is 46.1 Å². The molecule has 1 aromatic heterocycles. The van der Waals surface area contributed by atoms with Crippen molar-refractivity contribution in [2.24, 2.45) is 5.92 Å². The third kappa shape index (κ3) is 5.25. The highest BCUT2D eigenvalue weighted by atomic mass is 35.5. The average molecular weight is 486 g/mol. The van der Waals surface area contributed by atoms with E-state index in [9.17, 15) is 14.0 Å². The summed E-state index contributed by atoms with van der Waals surface area (Å²) in [6, 6.07) is 9.84. The summed E-state index contributed by atoms with van der Waals surface area (Å²) >= 11 is 6.58. The maximum absolute atomic E-state index is 14.3. The summed E-state index contributed by atoms with van der Waals surface area (Å²) in [6.07, 6.45) is 1.81. The Morgan fingerprint density at radius 1 is 1.24 bits per heavy atom. The molecule has 0 atom stereocenters. The molecule has 0 radical (unpaired) electrons. The molecule has 3 aromatic rings. The van der Waals surface area contributed by atoms with Gasteiger partial charge in [-0.25, -0.2) is 4.39 Å². The van der Waals surface area contributed by atoms with Crippen LogP contribution in [0, 0.1) is 11.7 Å². The minimum atomic E-state index is -0.623. The van der Waals surface area contributed by atoms with Crippen LogP contribution in [0.25, 0.3) is 22.2 Å². The van der Waals surface area contributed by atoms with E-state index >= 15 is 0 Å². The Morgan fingerprint density at radius 3 is 2.62 bits per heavy atom. The van der Waals surface area contributed by atoms with Crippen LogP contribution in [0.2, 0.25) is 5.02 Å². The maximum atomic E-state index is 14.3. The van der Waals surface area contributed by atoms with Gasteiger partial charge in [-0.05, 0) is 76.4 Å². The highest BCUT2D eigenvalue weighted by molar-refractivity contribution is 6.36. The van der Waals surface area contributed by atoms with Crippen LogP contribution >= 0.6 is 11.6 Å². The fourth-order valence-corrected chi connectivity index (χ4v) is 4.31. The molecule has 1 heterocycles. The number of ether oxygens (including phenoxy) is 1. The van der Waals surface area contributed by atoms with E-state index in [1.165, 1.54) is 12.1 Å². The lowest BCUT2D eigenvalue weighted by Gasteiger charge is -2.22. The van der Waals surface area contributed by atoms with Crippen LogP contribution in [0.4, 0.5) is 4.39 Å². The largest absolute Gasteiger partial charge is 0.459 e. The highest BCUT2D eigenvalue weighted by Gasteiger charge is 2.33. The average Bonchev–Trinajstić information content (AvgIpc) is 3.54. The van der Waals surface area contributed by atoms with E-state index in [-0.39, 0.29) is 24.9 Å². The summed E-state index contributed by atoms with van der Waals surface area (Å²) in [5.74, 6) is -0.650. The Balaban J connectivity index is 1.78. The first-order chi connectivity index (χ1) is 16.1. The summed E-state index contributed by atoms with van der Waals surface area (Å²) in [4.78, 5) is 27.0. The zero-order valence-corrected chi connectivity index (χ0v) is 20.7. The molecule has 1 amide bonds. The number of hydrogen-bond donors (Lipinski definition) is 0. The third-order valence-corrected chi connectivity index (χ3v) is 6.04. The van der Waals surface area contributed by atoms with E-state index in [1.54, 1.807) is 27.8 Å². The molecule has 1 fully saturated rings. The van der Waals surface area contributed by atoms with Crippen molar-refractivity contribution in [1.29, 1.82) is 0 Å². The van der Waals surface area contributed by atoms with Crippen LogP contribution in [0.3, 0.4) is 0 Å². The van der Waals surface area contributed by atoms with Gasteiger partial charge >= 0.3 is 5.97 Å². The van der Waals surface area contributed by atoms with Gasteiger partial charge in [-0.1, -0.05) is 17.7 Å². The van der Waals surface area contributed by atoms with Crippen LogP contribution in [0.15, 0.2) is 36.4 Å². The lowest BCUT2D eigenvalue weighted by molar-refractivity contribution is -0.155. The zero-order chi connectivity index (χ0) is 24.6. The van der Waals surface area contributed by atoms with Gasteiger partial charge in [0.05, 0.1) is 10.5 Å². The molecule has 180 valence electrons. The van der Waals surface area contributed by atoms with Crippen molar-refractivity contribution in [3.05, 3.63) is 52.8 Å². The monoisotopic (exact) mass is 485 g/mol. The normalized spacial score (nSPS) is 13.8. The molecule has 0 aliphatic heterocycles. The fraction of sp³-hybridized carbons (Fsp3) is 0.423. The zero-order valence-electron chi connectivity index (χ0n) is 19.9. The molecule has 4 rings (SSSR count). The minimum Gasteiger partial charge on any atom is -0.459 e. The van der Waals surface area contributed by atoms with Gasteiger partial charge in [-0.15, -0.1) is 0 Å². The lowest BCUT2D eigenvalue weighted by atomic mass is 10.0. The van der Waals surface area contributed by atoms with E-state index in [4.69, 9.17) is 21.4 Å². The maximum Gasteiger partial charge on any atom is 0.328 e. The molecule has 34 heavy (non-hydrogen) atoms. The Bertz CT molecular complexity index is 1240. The van der Waals surface area contributed by atoms with Gasteiger partial charge in [0.1, 0.15) is 23.7 Å². The number of halogens is 2. The highest BCUT2D eigenvalue weighted by Crippen LogP contribution is 2.37. The van der Waals surface area contributed by atoms with Crippen molar-refractivity contribution in [3.63, 3.8) is 0 Å². The summed E-state index contributed by atoms with van der Waals surface area (Å²) in [5, 5.41) is 5.85. The van der Waals surface area contributed by atoms with Crippen LogP contribution in [-0.4, -0.2) is 38.7 Å². The smallest absolute Gasteiger partial charge is 0.328 e. The standard InChI is InChI=1S/C26H29ClFN3O3/c1-5-30(25(33)16-9-10-16)14-17-13-18(28)11-12-19(17)24-23-20(27)7-6-8-21(23)31(29-24)15-22(32)34-26(2,3)4/h6-8,11-13,16H,5,9-10,14-15H2,1-4H3. The summed E-state index contributed by atoms with van der Waals surface area (Å²) in [5.41, 5.74) is 1.89. The molecule has 1 aliphatic rings. The number of fused-ring (bicyclic) bond motifs is 1. The van der Waals surface area contributed by atoms with E-state index in [1.807, 2.05) is 33.8 Å². The van der Waals surface area contributed by atoms with E-state index < -0.39 is 17.4 Å². The molecule has 0 N–H and O–H groups in total. The predicted molar refractivity (Wildman–Crippen MR) is 130 cm³/mol. The van der Waals surface area contributed by atoms with Crippen molar-refractivity contribution in [1.82, 2.24) is 14.7 Å². The van der Waals surface area contributed by atoms with E-state index in [0.717, 1.165) is 12.8 Å². The van der Waals surface area contributed by atoms with Crippen molar-refractivity contribution >= 4 is 34.4 Å². The number of rotatable bonds is 7. The van der Waals surface area contributed by atoms with Crippen LogP contribution in [0.5, 0.6) is 0 Å². The quantitative estimate of drug-likeness (QED) is 0.409. The number of amides is 1. The molecule has 2 aromatic carbocycles. The topological polar surface area (TPSA) is 64.4 Å². The number of carbonyl (C=O) groups is 2. The molecule has 1 aliphatic carbocycles. The second-order valence-corrected chi connectivity index (χ2v) is 10.1. The van der Waals surface area contributed by atoms with Crippen LogP contribution < -0.4 is 0 Å². The predicted octanol–water partition coefficient (Wildman–Crippen LogP) is 5.60. The third-order valence-electron chi connectivity index (χ3n) is 5.73. The first-order valence-electron chi connectivity index (χ1n) is 11.5. The van der Waals surface area contributed by atoms with Gasteiger partial charge < -0.3 is 9.64 Å². The van der Waals surface area contributed by atoms with Gasteiger partial charge in [0, 0.05) is 30.0 Å². The Kier molecular flexibility index (Phi) is 6.67. The van der Waals surface area contributed by atoms with Crippen molar-refractivity contribution in [3.8, 4) is 11.3 Å². The Hall–Kier alpha value is -2.93. The minimum absolute atomic E-state index is 0.0697. The van der Waals surface area contributed by atoms with Gasteiger partial charge in [0.25, 0.3) is 0 Å². The number of carbonyl (C=O) groups excluding carboxylic acids is 2. The number of aromatic nitrogens is 2. The summed E-state index contributed by atoms with van der Waals surface area (Å²) < 4.78 is 21.3. The van der Waals surface area contributed by atoms with Gasteiger partial charge in [0.2, 0.25) is 5.91 Å². The van der Waals surface area contributed by atoms with Crippen molar-refractivity contribution in [2.45, 2.75) is 59.2 Å².